The summed E-state index contributed by atoms with van der Waals surface area (Å²) in [5.41, 5.74) is -1.76. The highest BCUT2D eigenvalue weighted by Gasteiger charge is 2.36. The fourth-order valence-corrected chi connectivity index (χ4v) is 6.16. The molecule has 1 aromatic heterocycles. The number of carbonyl (C=O) groups is 3. The molecular formula is C32H37F3N2O6. The molecule has 0 bridgehead atoms. The number of nitrogens with one attached hydrogen (secondary N) is 1. The second-order valence-electron chi connectivity index (χ2n) is 11.7. The molecule has 1 heterocycles. The molecule has 1 saturated carbocycles. The molecule has 3 N–H and O–H groups in total. The number of aryl methyl sites for hydroxylation is 1. The fraction of sp³-hybridized carbons (Fsp3) is 0.469. The number of hydrogen-bond donors (Lipinski definition) is 3. The molecule has 0 radical (unpaired) electrons. The lowest BCUT2D eigenvalue weighted by atomic mass is 9.75. The monoisotopic (exact) mass is 602 g/mol. The van der Waals surface area contributed by atoms with Crippen molar-refractivity contribution in [2.24, 2.45) is 24.8 Å². The van der Waals surface area contributed by atoms with E-state index in [4.69, 9.17) is 4.74 Å². The predicted octanol–water partition coefficient (Wildman–Crippen LogP) is 6.43. The van der Waals surface area contributed by atoms with Crippen LogP contribution >= 0.6 is 0 Å². The first kappa shape index (κ1) is 32.1. The van der Waals surface area contributed by atoms with Gasteiger partial charge in [0.1, 0.15) is 17.9 Å². The lowest BCUT2D eigenvalue weighted by Gasteiger charge is -2.37. The number of ether oxygens (including phenoxy) is 1. The molecule has 43 heavy (non-hydrogen) atoms. The van der Waals surface area contributed by atoms with E-state index in [0.717, 1.165) is 37.5 Å². The van der Waals surface area contributed by atoms with Gasteiger partial charge in [0.25, 0.3) is 0 Å². The molecule has 1 fully saturated rings. The van der Waals surface area contributed by atoms with Crippen LogP contribution in [0.2, 0.25) is 0 Å². The van der Waals surface area contributed by atoms with E-state index >= 15 is 0 Å². The molecule has 232 valence electrons. The summed E-state index contributed by atoms with van der Waals surface area (Å²) in [6.07, 6.45) is -2.01. The van der Waals surface area contributed by atoms with E-state index < -0.39 is 40.7 Å². The third-order valence-corrected chi connectivity index (χ3v) is 8.38. The van der Waals surface area contributed by atoms with Gasteiger partial charge in [0.05, 0.1) is 28.4 Å². The van der Waals surface area contributed by atoms with Crippen LogP contribution in [-0.4, -0.2) is 51.7 Å². The first-order chi connectivity index (χ1) is 20.2. The average Bonchev–Trinajstić information content (AvgIpc) is 3.21. The zero-order valence-electron chi connectivity index (χ0n) is 24.6. The number of nitrogens with zero attached hydrogens (tertiary/aromatic N) is 1. The molecular weight excluding hydrogens is 565 g/mol. The summed E-state index contributed by atoms with van der Waals surface area (Å²) in [5.74, 6) is -1.78. The average molecular weight is 603 g/mol. The minimum absolute atomic E-state index is 0.0390. The van der Waals surface area contributed by atoms with Crippen molar-refractivity contribution < 1.29 is 42.5 Å². The maximum atomic E-state index is 14.0. The minimum atomic E-state index is -4.74. The molecule has 1 aliphatic carbocycles. The Morgan fingerprint density at radius 2 is 1.84 bits per heavy atom. The van der Waals surface area contributed by atoms with Crippen LogP contribution in [0.15, 0.2) is 36.4 Å². The highest BCUT2D eigenvalue weighted by atomic mass is 19.4. The Morgan fingerprint density at radius 1 is 1.14 bits per heavy atom. The number of benzene rings is 2. The number of fused-ring (bicyclic) bond motifs is 1. The minimum Gasteiger partial charge on any atom is -0.507 e. The number of hydrogen-bond acceptors (Lipinski definition) is 5. The lowest BCUT2D eigenvalue weighted by Crippen LogP contribution is -2.38. The molecule has 0 aliphatic heterocycles. The Morgan fingerprint density at radius 3 is 2.49 bits per heavy atom. The third kappa shape index (κ3) is 6.87. The van der Waals surface area contributed by atoms with Crippen molar-refractivity contribution in [2.45, 2.75) is 58.7 Å². The molecule has 8 nitrogen and oxygen atoms in total. The number of aromatic hydroxyl groups is 1. The van der Waals surface area contributed by atoms with E-state index in [-0.39, 0.29) is 53.4 Å². The van der Waals surface area contributed by atoms with Gasteiger partial charge in [-0.1, -0.05) is 45.4 Å². The fourth-order valence-electron chi connectivity index (χ4n) is 6.16. The zero-order chi connectivity index (χ0) is 31.6. The number of ketones is 1. The Kier molecular flexibility index (Phi) is 9.54. The number of Topliss-reactive ketones (excluding diaryl/α,β-unsaturated/α-hetero) is 1. The normalized spacial score (nSPS) is 19.1. The third-order valence-electron chi connectivity index (χ3n) is 8.38. The van der Waals surface area contributed by atoms with E-state index in [1.807, 2.05) is 0 Å². The Labute approximate surface area is 247 Å². The number of alkyl halides is 3. The predicted molar refractivity (Wildman–Crippen MR) is 155 cm³/mol. The van der Waals surface area contributed by atoms with E-state index in [1.165, 1.54) is 29.8 Å². The first-order valence-electron chi connectivity index (χ1n) is 14.4. The second kappa shape index (κ2) is 12.8. The summed E-state index contributed by atoms with van der Waals surface area (Å²) < 4.78 is 49.3. The van der Waals surface area contributed by atoms with Gasteiger partial charge in [-0.05, 0) is 42.7 Å². The van der Waals surface area contributed by atoms with Crippen LogP contribution in [0, 0.1) is 17.8 Å². The maximum Gasteiger partial charge on any atom is 0.417 e. The van der Waals surface area contributed by atoms with Crippen molar-refractivity contribution in [3.05, 3.63) is 53.1 Å². The highest BCUT2D eigenvalue weighted by Crippen LogP contribution is 2.42. The van der Waals surface area contributed by atoms with Crippen LogP contribution in [-0.2, 0) is 22.8 Å². The summed E-state index contributed by atoms with van der Waals surface area (Å²) in [6, 6.07) is 6.99. The van der Waals surface area contributed by atoms with E-state index in [0.29, 0.717) is 17.8 Å². The van der Waals surface area contributed by atoms with Gasteiger partial charge >= 0.3 is 12.1 Å². The Hall–Kier alpha value is -3.86. The second-order valence-corrected chi connectivity index (χ2v) is 11.7. The SMILES string of the molecule is CC1CCC(C(C)C)C(OCC(=O)NCCC(=O)c2c(-c3ccccc3C(F)(F)F)n(C)c3cc(O)c(C(=O)O)cc23)C1. The van der Waals surface area contributed by atoms with Gasteiger partial charge in [0.15, 0.2) is 5.78 Å². The topological polar surface area (TPSA) is 118 Å². The summed E-state index contributed by atoms with van der Waals surface area (Å²) in [7, 11) is 1.44. The van der Waals surface area contributed by atoms with Crippen LogP contribution in [0.25, 0.3) is 22.2 Å². The number of rotatable bonds is 10. The largest absolute Gasteiger partial charge is 0.507 e. The Balaban J connectivity index is 1.60. The highest BCUT2D eigenvalue weighted by molar-refractivity contribution is 6.15. The molecule has 3 atom stereocenters. The number of carbonyl (C=O) groups excluding carboxylic acids is 2. The van der Waals surface area contributed by atoms with E-state index in [9.17, 15) is 37.8 Å². The van der Waals surface area contributed by atoms with Gasteiger partial charge in [-0.15, -0.1) is 0 Å². The van der Waals surface area contributed by atoms with Crippen molar-refractivity contribution in [1.82, 2.24) is 9.88 Å². The van der Waals surface area contributed by atoms with Crippen LogP contribution in [0.3, 0.4) is 0 Å². The lowest BCUT2D eigenvalue weighted by molar-refractivity contribution is -0.137. The van der Waals surface area contributed by atoms with Gasteiger partial charge in [-0.2, -0.15) is 13.2 Å². The molecule has 3 aromatic rings. The molecule has 0 spiro atoms. The molecule has 2 aromatic carbocycles. The number of carboxylic acid groups (broad SMARTS) is 1. The van der Waals surface area contributed by atoms with Crippen molar-refractivity contribution >= 4 is 28.6 Å². The molecule has 11 heteroatoms. The summed E-state index contributed by atoms with van der Waals surface area (Å²) in [5, 5.41) is 22.6. The van der Waals surface area contributed by atoms with Crippen LogP contribution < -0.4 is 5.32 Å². The smallest absolute Gasteiger partial charge is 0.417 e. The molecule has 4 rings (SSSR count). The van der Waals surface area contributed by atoms with Gasteiger partial charge in [-0.25, -0.2) is 4.79 Å². The summed E-state index contributed by atoms with van der Waals surface area (Å²) in [6.45, 7) is 6.16. The molecule has 1 amide bonds. The maximum absolute atomic E-state index is 14.0. The van der Waals surface area contributed by atoms with Gasteiger partial charge in [0, 0.05) is 37.0 Å². The number of carboxylic acids is 1. The number of aromatic nitrogens is 1. The number of amides is 1. The summed E-state index contributed by atoms with van der Waals surface area (Å²) in [4.78, 5) is 38.0. The van der Waals surface area contributed by atoms with E-state index in [1.54, 1.807) is 0 Å². The van der Waals surface area contributed by atoms with Crippen molar-refractivity contribution in [1.29, 1.82) is 0 Å². The zero-order valence-corrected chi connectivity index (χ0v) is 24.6. The van der Waals surface area contributed by atoms with Gasteiger partial charge in [0.2, 0.25) is 5.91 Å². The summed E-state index contributed by atoms with van der Waals surface area (Å²) >= 11 is 0. The Bertz CT molecular complexity index is 1530. The van der Waals surface area contributed by atoms with Crippen LogP contribution in [0.4, 0.5) is 13.2 Å². The first-order valence-corrected chi connectivity index (χ1v) is 14.4. The van der Waals surface area contributed by atoms with Crippen molar-refractivity contribution in [3.63, 3.8) is 0 Å². The number of phenols is 1. The number of aromatic carboxylic acids is 1. The van der Waals surface area contributed by atoms with Gasteiger partial charge < -0.3 is 24.8 Å². The number of halogens is 3. The van der Waals surface area contributed by atoms with Gasteiger partial charge in [-0.3, -0.25) is 9.59 Å². The van der Waals surface area contributed by atoms with Crippen molar-refractivity contribution in [2.75, 3.05) is 13.2 Å². The quantitative estimate of drug-likeness (QED) is 0.230. The van der Waals surface area contributed by atoms with Crippen LogP contribution in [0.1, 0.15) is 72.7 Å². The molecule has 3 unspecified atom stereocenters. The van der Waals surface area contributed by atoms with E-state index in [2.05, 4.69) is 26.1 Å². The molecule has 1 aliphatic rings. The van der Waals surface area contributed by atoms with Crippen molar-refractivity contribution in [3.8, 4) is 17.0 Å². The standard InChI is InChI=1S/C32H37F3N2O6/c1-17(2)19-10-9-18(3)13-27(19)43-16-28(40)36-12-11-25(38)29-21-14-22(31(41)42)26(39)15-24(21)37(4)30(29)20-7-5-6-8-23(20)32(33,34)35/h5-8,14-15,17-19,27,39H,9-13,16H2,1-4H3,(H,36,40)(H,41,42). The van der Waals surface area contributed by atoms with Crippen LogP contribution in [0.5, 0.6) is 5.75 Å². The molecule has 0 saturated heterocycles.